The smallest absolute Gasteiger partial charge is 0.120 e. The highest BCUT2D eigenvalue weighted by atomic mass is 16.5. The lowest BCUT2D eigenvalue weighted by atomic mass is 10.2. The Kier molecular flexibility index (Phi) is 4.63. The molecule has 1 heterocycles. The number of furan rings is 1. The van der Waals surface area contributed by atoms with Gasteiger partial charge in [0.2, 0.25) is 0 Å². The van der Waals surface area contributed by atoms with Crippen LogP contribution in [0.15, 0.2) is 47.1 Å². The normalized spacial score (nSPS) is 12.6. The molecule has 0 aliphatic carbocycles. The monoisotopic (exact) mass is 259 g/mol. The topological polar surface area (TPSA) is 34.4 Å². The number of nitrogens with one attached hydrogen (secondary N) is 1. The van der Waals surface area contributed by atoms with E-state index in [-0.39, 0.29) is 12.1 Å². The van der Waals surface area contributed by atoms with E-state index < -0.39 is 0 Å². The molecule has 3 nitrogen and oxygen atoms in total. The van der Waals surface area contributed by atoms with Gasteiger partial charge in [0.25, 0.3) is 0 Å². The molecule has 2 aromatic rings. The summed E-state index contributed by atoms with van der Waals surface area (Å²) in [4.78, 5) is 0. The molecule has 2 rings (SSSR count). The fourth-order valence-electron chi connectivity index (χ4n) is 1.87. The van der Waals surface area contributed by atoms with E-state index in [0.717, 1.165) is 18.1 Å². The largest absolute Gasteiger partial charge is 0.491 e. The third kappa shape index (κ3) is 4.14. The van der Waals surface area contributed by atoms with Gasteiger partial charge in [-0.25, -0.2) is 0 Å². The fraction of sp³-hybridized carbons (Fsp3) is 0.375. The number of benzene rings is 1. The summed E-state index contributed by atoms with van der Waals surface area (Å²) in [7, 11) is 0. The maximum absolute atomic E-state index is 5.62. The van der Waals surface area contributed by atoms with Crippen LogP contribution in [0, 0.1) is 0 Å². The molecule has 0 saturated carbocycles. The molecule has 0 unspecified atom stereocenters. The third-order valence-corrected chi connectivity index (χ3v) is 2.88. The van der Waals surface area contributed by atoms with Crippen molar-refractivity contribution in [2.75, 3.05) is 0 Å². The molecular formula is C16H21NO2. The van der Waals surface area contributed by atoms with Gasteiger partial charge in [0.1, 0.15) is 11.5 Å². The molecule has 3 heteroatoms. The summed E-state index contributed by atoms with van der Waals surface area (Å²) in [6, 6.07) is 12.3. The van der Waals surface area contributed by atoms with Gasteiger partial charge in [-0.2, -0.15) is 0 Å². The number of rotatable bonds is 6. The van der Waals surface area contributed by atoms with Crippen molar-refractivity contribution in [3.05, 3.63) is 54.0 Å². The highest BCUT2D eigenvalue weighted by Gasteiger charge is 2.07. The molecule has 1 atom stereocenters. The van der Waals surface area contributed by atoms with Crippen molar-refractivity contribution < 1.29 is 9.15 Å². The molecule has 0 fully saturated rings. The van der Waals surface area contributed by atoms with Crippen LogP contribution in [0.3, 0.4) is 0 Å². The minimum absolute atomic E-state index is 0.210. The minimum atomic E-state index is 0.210. The van der Waals surface area contributed by atoms with Crippen molar-refractivity contribution in [1.82, 2.24) is 5.32 Å². The van der Waals surface area contributed by atoms with Gasteiger partial charge in [-0.1, -0.05) is 12.1 Å². The van der Waals surface area contributed by atoms with E-state index >= 15 is 0 Å². The highest BCUT2D eigenvalue weighted by Crippen LogP contribution is 2.16. The SMILES string of the molecule is CC(C)Oc1ccc(CN[C@@H](C)c2ccco2)cc1. The van der Waals surface area contributed by atoms with Gasteiger partial charge in [-0.15, -0.1) is 0 Å². The van der Waals surface area contributed by atoms with Gasteiger partial charge >= 0.3 is 0 Å². The van der Waals surface area contributed by atoms with Crippen LogP contribution in [-0.2, 0) is 6.54 Å². The summed E-state index contributed by atoms with van der Waals surface area (Å²) in [6.45, 7) is 6.96. The Labute approximate surface area is 114 Å². The number of hydrogen-bond acceptors (Lipinski definition) is 3. The summed E-state index contributed by atoms with van der Waals surface area (Å²) < 4.78 is 11.0. The molecule has 0 saturated heterocycles. The zero-order valence-corrected chi connectivity index (χ0v) is 11.7. The first kappa shape index (κ1) is 13.7. The van der Waals surface area contributed by atoms with Crippen LogP contribution < -0.4 is 10.1 Å². The second kappa shape index (κ2) is 6.43. The average molecular weight is 259 g/mol. The Hall–Kier alpha value is -1.74. The Morgan fingerprint density at radius 3 is 2.42 bits per heavy atom. The van der Waals surface area contributed by atoms with E-state index in [9.17, 15) is 0 Å². The Morgan fingerprint density at radius 1 is 1.11 bits per heavy atom. The molecule has 0 bridgehead atoms. The van der Waals surface area contributed by atoms with Crippen molar-refractivity contribution in [2.24, 2.45) is 0 Å². The maximum Gasteiger partial charge on any atom is 0.120 e. The molecule has 19 heavy (non-hydrogen) atoms. The molecule has 102 valence electrons. The van der Waals surface area contributed by atoms with Crippen LogP contribution in [0.5, 0.6) is 5.75 Å². The highest BCUT2D eigenvalue weighted by molar-refractivity contribution is 5.27. The maximum atomic E-state index is 5.62. The summed E-state index contributed by atoms with van der Waals surface area (Å²) in [5, 5.41) is 3.43. The zero-order chi connectivity index (χ0) is 13.7. The quantitative estimate of drug-likeness (QED) is 0.854. The van der Waals surface area contributed by atoms with E-state index in [1.807, 2.05) is 38.1 Å². The second-order valence-corrected chi connectivity index (χ2v) is 4.93. The second-order valence-electron chi connectivity index (χ2n) is 4.93. The van der Waals surface area contributed by atoms with Crippen LogP contribution in [0.25, 0.3) is 0 Å². The Morgan fingerprint density at radius 2 is 1.84 bits per heavy atom. The minimum Gasteiger partial charge on any atom is -0.491 e. The first-order valence-corrected chi connectivity index (χ1v) is 6.67. The molecular weight excluding hydrogens is 238 g/mol. The van der Waals surface area contributed by atoms with Crippen LogP contribution in [0.1, 0.15) is 38.1 Å². The van der Waals surface area contributed by atoms with Crippen molar-refractivity contribution in [3.8, 4) is 5.75 Å². The average Bonchev–Trinajstić information content (AvgIpc) is 2.91. The zero-order valence-electron chi connectivity index (χ0n) is 11.7. The molecule has 0 aliphatic rings. The molecule has 1 aromatic heterocycles. The van der Waals surface area contributed by atoms with Crippen LogP contribution >= 0.6 is 0 Å². The van der Waals surface area contributed by atoms with Crippen LogP contribution in [0.2, 0.25) is 0 Å². The van der Waals surface area contributed by atoms with Gasteiger partial charge in [0.05, 0.1) is 18.4 Å². The van der Waals surface area contributed by atoms with E-state index in [2.05, 4.69) is 24.4 Å². The lowest BCUT2D eigenvalue weighted by Crippen LogP contribution is -2.17. The van der Waals surface area contributed by atoms with Crippen molar-refractivity contribution in [3.63, 3.8) is 0 Å². The summed E-state index contributed by atoms with van der Waals surface area (Å²) in [5.41, 5.74) is 1.23. The van der Waals surface area contributed by atoms with Gasteiger partial charge in [0.15, 0.2) is 0 Å². The van der Waals surface area contributed by atoms with E-state index in [0.29, 0.717) is 0 Å². The van der Waals surface area contributed by atoms with Crippen molar-refractivity contribution in [2.45, 2.75) is 39.5 Å². The molecule has 1 aromatic carbocycles. The standard InChI is InChI=1S/C16H21NO2/c1-12(2)19-15-8-6-14(7-9-15)11-17-13(3)16-5-4-10-18-16/h4-10,12-13,17H,11H2,1-3H3/t13-/m0/s1. The van der Waals surface area contributed by atoms with Crippen molar-refractivity contribution >= 4 is 0 Å². The molecule has 0 aliphatic heterocycles. The summed E-state index contributed by atoms with van der Waals surface area (Å²) in [5.74, 6) is 1.87. The predicted octanol–water partition coefficient (Wildman–Crippen LogP) is 3.92. The fourth-order valence-corrected chi connectivity index (χ4v) is 1.87. The molecule has 0 radical (unpaired) electrons. The van der Waals surface area contributed by atoms with Crippen LogP contribution in [0.4, 0.5) is 0 Å². The number of hydrogen-bond donors (Lipinski definition) is 1. The van der Waals surface area contributed by atoms with E-state index in [1.165, 1.54) is 5.56 Å². The Balaban J connectivity index is 1.86. The lowest BCUT2D eigenvalue weighted by molar-refractivity contribution is 0.242. The lowest BCUT2D eigenvalue weighted by Gasteiger charge is -2.13. The molecule has 0 amide bonds. The van der Waals surface area contributed by atoms with Gasteiger partial charge in [-0.05, 0) is 50.6 Å². The van der Waals surface area contributed by atoms with Crippen LogP contribution in [-0.4, -0.2) is 6.10 Å². The van der Waals surface area contributed by atoms with Gasteiger partial charge in [-0.3, -0.25) is 0 Å². The van der Waals surface area contributed by atoms with Gasteiger partial charge in [0, 0.05) is 6.54 Å². The first-order chi connectivity index (χ1) is 9.15. The summed E-state index contributed by atoms with van der Waals surface area (Å²) in [6.07, 6.45) is 1.91. The van der Waals surface area contributed by atoms with E-state index in [4.69, 9.17) is 9.15 Å². The number of ether oxygens (including phenoxy) is 1. The van der Waals surface area contributed by atoms with Crippen molar-refractivity contribution in [1.29, 1.82) is 0 Å². The predicted molar refractivity (Wildman–Crippen MR) is 76.2 cm³/mol. The molecule has 0 spiro atoms. The summed E-state index contributed by atoms with van der Waals surface area (Å²) >= 11 is 0. The third-order valence-electron chi connectivity index (χ3n) is 2.88. The van der Waals surface area contributed by atoms with E-state index in [1.54, 1.807) is 6.26 Å². The Bertz CT molecular complexity index is 474. The van der Waals surface area contributed by atoms with Gasteiger partial charge < -0.3 is 14.5 Å². The first-order valence-electron chi connectivity index (χ1n) is 6.67. The molecule has 1 N–H and O–H groups in total.